The van der Waals surface area contributed by atoms with E-state index in [1.165, 1.54) is 0 Å². The van der Waals surface area contributed by atoms with E-state index in [-0.39, 0.29) is 32.3 Å². The van der Waals surface area contributed by atoms with Gasteiger partial charge in [0, 0.05) is 11.9 Å². The first-order chi connectivity index (χ1) is 8.54. The zero-order valence-electron chi connectivity index (χ0n) is 12.4. The molecule has 108 valence electrons. The van der Waals surface area contributed by atoms with Gasteiger partial charge in [0.25, 0.3) is 0 Å². The Kier molecular flexibility index (Phi) is 24.8. The van der Waals surface area contributed by atoms with E-state index in [1.807, 2.05) is 0 Å². The third-order valence-electron chi connectivity index (χ3n) is 2.47. The van der Waals surface area contributed by atoms with Crippen molar-refractivity contribution in [1.82, 2.24) is 0 Å². The average Bonchev–Trinajstić information content (AvgIpc) is 2.31. The second kappa shape index (κ2) is 19.9. The Morgan fingerprint density at radius 3 is 1.21 bits per heavy atom. The molecule has 0 rings (SSSR count). The SMILES string of the molecule is CCCCCCC(=O)[O-].CCCCCCC(=O)[O-].[Zn+2]. The van der Waals surface area contributed by atoms with Crippen molar-refractivity contribution >= 4 is 11.9 Å². The molecule has 0 unspecified atom stereocenters. The van der Waals surface area contributed by atoms with E-state index in [2.05, 4.69) is 13.8 Å². The largest absolute Gasteiger partial charge is 2.00 e. The Labute approximate surface area is 129 Å². The van der Waals surface area contributed by atoms with E-state index in [4.69, 9.17) is 0 Å². The summed E-state index contributed by atoms with van der Waals surface area (Å²) in [6, 6.07) is 0. The number of carbonyl (C=O) groups excluding carboxylic acids is 2. The Hall–Kier alpha value is -0.437. The first-order valence-electron chi connectivity index (χ1n) is 6.94. The molecule has 0 saturated carbocycles. The molecule has 0 aromatic heterocycles. The molecule has 0 fully saturated rings. The van der Waals surface area contributed by atoms with Crippen molar-refractivity contribution in [1.29, 1.82) is 0 Å². The van der Waals surface area contributed by atoms with Crippen LogP contribution in [0.2, 0.25) is 0 Å². The average molecular weight is 324 g/mol. The smallest absolute Gasteiger partial charge is 0.550 e. The van der Waals surface area contributed by atoms with Crippen LogP contribution >= 0.6 is 0 Å². The van der Waals surface area contributed by atoms with Crippen molar-refractivity contribution in [2.24, 2.45) is 0 Å². The van der Waals surface area contributed by atoms with Crippen LogP contribution in [-0.4, -0.2) is 11.9 Å². The van der Waals surface area contributed by atoms with Gasteiger partial charge >= 0.3 is 19.5 Å². The summed E-state index contributed by atoms with van der Waals surface area (Å²) < 4.78 is 0. The molecule has 5 heteroatoms. The van der Waals surface area contributed by atoms with Crippen LogP contribution in [0.4, 0.5) is 0 Å². The van der Waals surface area contributed by atoms with Gasteiger partial charge in [-0.05, 0) is 25.7 Å². The summed E-state index contributed by atoms with van der Waals surface area (Å²) in [7, 11) is 0. The van der Waals surface area contributed by atoms with Crippen molar-refractivity contribution in [2.45, 2.75) is 78.1 Å². The quantitative estimate of drug-likeness (QED) is 0.450. The molecule has 0 atom stereocenters. The van der Waals surface area contributed by atoms with Crippen LogP contribution in [0.25, 0.3) is 0 Å². The Morgan fingerprint density at radius 2 is 1.00 bits per heavy atom. The molecule has 0 aliphatic heterocycles. The maximum atomic E-state index is 9.85. The topological polar surface area (TPSA) is 80.3 Å². The molecule has 0 radical (unpaired) electrons. The van der Waals surface area contributed by atoms with Crippen molar-refractivity contribution in [2.75, 3.05) is 0 Å². The molecular formula is C14H26O4Zn. The predicted molar refractivity (Wildman–Crippen MR) is 67.5 cm³/mol. The summed E-state index contributed by atoms with van der Waals surface area (Å²) in [6.07, 6.45) is 8.59. The van der Waals surface area contributed by atoms with Crippen LogP contribution in [0.3, 0.4) is 0 Å². The van der Waals surface area contributed by atoms with Crippen molar-refractivity contribution in [3.05, 3.63) is 0 Å². The van der Waals surface area contributed by atoms with Crippen molar-refractivity contribution < 1.29 is 39.3 Å². The van der Waals surface area contributed by atoms with Crippen LogP contribution in [-0.2, 0) is 29.1 Å². The maximum Gasteiger partial charge on any atom is 2.00 e. The van der Waals surface area contributed by atoms with E-state index < -0.39 is 11.9 Å². The van der Waals surface area contributed by atoms with Gasteiger partial charge in [0.2, 0.25) is 0 Å². The number of unbranched alkanes of at least 4 members (excludes halogenated alkanes) is 6. The summed E-state index contributed by atoms with van der Waals surface area (Å²) in [5.74, 6) is -1.85. The van der Waals surface area contributed by atoms with E-state index in [1.54, 1.807) is 0 Å². The van der Waals surface area contributed by atoms with Crippen LogP contribution in [0.5, 0.6) is 0 Å². The molecule has 0 bridgehead atoms. The summed E-state index contributed by atoms with van der Waals surface area (Å²) in [6.45, 7) is 4.19. The third-order valence-corrected chi connectivity index (χ3v) is 2.47. The van der Waals surface area contributed by atoms with Crippen molar-refractivity contribution in [3.8, 4) is 0 Å². The second-order valence-corrected chi connectivity index (χ2v) is 4.37. The van der Waals surface area contributed by atoms with Gasteiger partial charge in [0.15, 0.2) is 0 Å². The monoisotopic (exact) mass is 322 g/mol. The summed E-state index contributed by atoms with van der Waals surface area (Å²) >= 11 is 0. The number of carbonyl (C=O) groups is 2. The van der Waals surface area contributed by atoms with E-state index in [0.717, 1.165) is 51.4 Å². The second-order valence-electron chi connectivity index (χ2n) is 4.37. The number of hydrogen-bond acceptors (Lipinski definition) is 4. The van der Waals surface area contributed by atoms with Gasteiger partial charge in [0.05, 0.1) is 0 Å². The molecule has 0 spiro atoms. The zero-order valence-corrected chi connectivity index (χ0v) is 15.4. The van der Waals surface area contributed by atoms with Gasteiger partial charge in [-0.15, -0.1) is 0 Å². The molecule has 0 aliphatic carbocycles. The molecule has 0 amide bonds. The molecule has 19 heavy (non-hydrogen) atoms. The molecule has 0 N–H and O–H groups in total. The van der Waals surface area contributed by atoms with Gasteiger partial charge in [-0.1, -0.05) is 52.4 Å². The minimum absolute atomic E-state index is 0. The van der Waals surface area contributed by atoms with Gasteiger partial charge in [0.1, 0.15) is 0 Å². The molecule has 0 heterocycles. The summed E-state index contributed by atoms with van der Waals surface area (Å²) in [4.78, 5) is 19.7. The van der Waals surface area contributed by atoms with Crippen LogP contribution in [0.1, 0.15) is 78.1 Å². The van der Waals surface area contributed by atoms with Crippen molar-refractivity contribution in [3.63, 3.8) is 0 Å². The van der Waals surface area contributed by atoms with Crippen LogP contribution in [0.15, 0.2) is 0 Å². The Balaban J connectivity index is -0.000000256. The predicted octanol–water partition coefficient (Wildman–Crippen LogP) is 1.41. The number of carboxylic acid groups (broad SMARTS) is 2. The minimum atomic E-state index is -0.925. The fourth-order valence-electron chi connectivity index (χ4n) is 1.39. The fourth-order valence-corrected chi connectivity index (χ4v) is 1.39. The molecular weight excluding hydrogens is 298 g/mol. The Bertz CT molecular complexity index is 186. The molecule has 0 aromatic carbocycles. The van der Waals surface area contributed by atoms with E-state index in [9.17, 15) is 19.8 Å². The minimum Gasteiger partial charge on any atom is -0.550 e. The number of aliphatic carboxylic acids is 2. The molecule has 0 aromatic rings. The third kappa shape index (κ3) is 31.8. The molecule has 4 nitrogen and oxygen atoms in total. The zero-order chi connectivity index (χ0) is 14.2. The number of carboxylic acids is 2. The van der Waals surface area contributed by atoms with Crippen LogP contribution in [0, 0.1) is 0 Å². The first-order valence-corrected chi connectivity index (χ1v) is 6.94. The van der Waals surface area contributed by atoms with E-state index in [0.29, 0.717) is 0 Å². The molecule has 0 aliphatic rings. The molecule has 0 saturated heterocycles. The Morgan fingerprint density at radius 1 is 0.684 bits per heavy atom. The fraction of sp³-hybridized carbons (Fsp3) is 0.857. The van der Waals surface area contributed by atoms with Gasteiger partial charge in [-0.3, -0.25) is 0 Å². The summed E-state index contributed by atoms with van der Waals surface area (Å²) in [5.41, 5.74) is 0. The van der Waals surface area contributed by atoms with E-state index >= 15 is 0 Å². The van der Waals surface area contributed by atoms with Gasteiger partial charge in [-0.25, -0.2) is 0 Å². The number of hydrogen-bond donors (Lipinski definition) is 0. The first kappa shape index (κ1) is 23.6. The van der Waals surface area contributed by atoms with Gasteiger partial charge in [-0.2, -0.15) is 0 Å². The maximum absolute atomic E-state index is 9.85. The standard InChI is InChI=1S/2C7H14O2.Zn/c2*1-2-3-4-5-6-7(8)9;/h2*2-6H2,1H3,(H,8,9);/q;;+2/p-2. The van der Waals surface area contributed by atoms with Crippen LogP contribution < -0.4 is 10.2 Å². The van der Waals surface area contributed by atoms with Gasteiger partial charge < -0.3 is 19.8 Å². The normalized spacial score (nSPS) is 8.95. The summed E-state index contributed by atoms with van der Waals surface area (Å²) in [5, 5.41) is 19.7. The number of rotatable bonds is 10.